The molecule has 0 aromatic rings. The van der Waals surface area contributed by atoms with Gasteiger partial charge in [-0.3, -0.25) is 4.90 Å². The van der Waals surface area contributed by atoms with Crippen LogP contribution in [0.1, 0.15) is 19.3 Å². The molecule has 0 atom stereocenters. The van der Waals surface area contributed by atoms with Crippen molar-refractivity contribution in [1.29, 1.82) is 0 Å². The molecule has 1 nitrogen and oxygen atoms in total. The van der Waals surface area contributed by atoms with Gasteiger partial charge in [0.2, 0.25) is 0 Å². The van der Waals surface area contributed by atoms with Gasteiger partial charge < -0.3 is 0 Å². The van der Waals surface area contributed by atoms with E-state index in [0.29, 0.717) is 0 Å². The van der Waals surface area contributed by atoms with Crippen molar-refractivity contribution in [1.82, 2.24) is 4.90 Å². The van der Waals surface area contributed by atoms with Gasteiger partial charge in [-0.15, -0.1) is 11.8 Å². The van der Waals surface area contributed by atoms with Gasteiger partial charge in [-0.05, 0) is 36.2 Å². The molecule has 1 saturated heterocycles. The van der Waals surface area contributed by atoms with E-state index in [1.165, 1.54) is 37.3 Å². The van der Waals surface area contributed by atoms with Crippen LogP contribution >= 0.6 is 11.8 Å². The smallest absolute Gasteiger partial charge is 0.0290 e. The van der Waals surface area contributed by atoms with Crippen LogP contribution in [-0.4, -0.2) is 24.5 Å². The maximum absolute atomic E-state index is 3.99. The Kier molecular flexibility index (Phi) is 4.48. The lowest BCUT2D eigenvalue weighted by atomic mass is 10.1. The van der Waals surface area contributed by atoms with Gasteiger partial charge in [0.05, 0.1) is 0 Å². The molecule has 0 saturated carbocycles. The van der Waals surface area contributed by atoms with E-state index in [-0.39, 0.29) is 0 Å². The second-order valence-electron chi connectivity index (χ2n) is 3.16. The SMILES string of the molecule is C=CSC(=C)CN1CCCCC1. The molecule has 0 aromatic carbocycles. The number of nitrogens with zero attached hydrogens (tertiary/aromatic N) is 1. The van der Waals surface area contributed by atoms with Crippen molar-refractivity contribution in [2.45, 2.75) is 19.3 Å². The summed E-state index contributed by atoms with van der Waals surface area (Å²) in [5.74, 6) is 0. The van der Waals surface area contributed by atoms with Crippen LogP contribution in [-0.2, 0) is 0 Å². The molecule has 0 amide bonds. The average molecular weight is 183 g/mol. The summed E-state index contributed by atoms with van der Waals surface area (Å²) in [4.78, 5) is 3.69. The van der Waals surface area contributed by atoms with E-state index in [9.17, 15) is 0 Å². The van der Waals surface area contributed by atoms with Crippen LogP contribution in [0.2, 0.25) is 0 Å². The highest BCUT2D eigenvalue weighted by Crippen LogP contribution is 2.17. The van der Waals surface area contributed by atoms with E-state index in [0.717, 1.165) is 6.54 Å². The molecule has 1 aliphatic heterocycles. The third-order valence-electron chi connectivity index (χ3n) is 2.10. The van der Waals surface area contributed by atoms with Gasteiger partial charge in [0, 0.05) is 6.54 Å². The van der Waals surface area contributed by atoms with Crippen molar-refractivity contribution in [3.63, 3.8) is 0 Å². The Morgan fingerprint density at radius 3 is 2.58 bits per heavy atom. The van der Waals surface area contributed by atoms with E-state index < -0.39 is 0 Å². The highest BCUT2D eigenvalue weighted by atomic mass is 32.2. The normalized spacial score (nSPS) is 19.0. The maximum atomic E-state index is 3.99. The topological polar surface area (TPSA) is 3.24 Å². The lowest BCUT2D eigenvalue weighted by Gasteiger charge is -2.26. The number of likely N-dealkylation sites (tertiary alicyclic amines) is 1. The van der Waals surface area contributed by atoms with E-state index in [4.69, 9.17) is 0 Å². The van der Waals surface area contributed by atoms with Gasteiger partial charge in [-0.2, -0.15) is 0 Å². The van der Waals surface area contributed by atoms with Gasteiger partial charge >= 0.3 is 0 Å². The zero-order valence-electron chi connectivity index (χ0n) is 7.59. The summed E-state index contributed by atoms with van der Waals surface area (Å²) in [7, 11) is 0. The minimum atomic E-state index is 1.04. The van der Waals surface area contributed by atoms with Crippen LogP contribution in [0.3, 0.4) is 0 Å². The quantitative estimate of drug-likeness (QED) is 0.659. The monoisotopic (exact) mass is 183 g/mol. The van der Waals surface area contributed by atoms with Crippen molar-refractivity contribution in [3.05, 3.63) is 23.5 Å². The first-order valence-corrected chi connectivity index (χ1v) is 5.38. The van der Waals surface area contributed by atoms with Crippen LogP contribution < -0.4 is 0 Å². The molecule has 0 bridgehead atoms. The molecule has 1 aliphatic rings. The highest BCUT2D eigenvalue weighted by Gasteiger charge is 2.09. The van der Waals surface area contributed by atoms with Crippen LogP contribution in [0.25, 0.3) is 0 Å². The highest BCUT2D eigenvalue weighted by molar-refractivity contribution is 8.05. The molecular formula is C10H17NS. The second-order valence-corrected chi connectivity index (χ2v) is 4.31. The molecule has 0 radical (unpaired) electrons. The molecule has 0 unspecified atom stereocenters. The molecule has 0 N–H and O–H groups in total. The first-order valence-electron chi connectivity index (χ1n) is 4.50. The summed E-state index contributed by atoms with van der Waals surface area (Å²) in [5.41, 5.74) is 0. The number of thioether (sulfide) groups is 1. The fraction of sp³-hybridized carbons (Fsp3) is 0.600. The number of hydrogen-bond donors (Lipinski definition) is 0. The third-order valence-corrected chi connectivity index (χ3v) is 2.73. The molecule has 1 rings (SSSR count). The second kappa shape index (κ2) is 5.44. The summed E-state index contributed by atoms with van der Waals surface area (Å²) in [5, 5.41) is 1.85. The standard InChI is InChI=1S/C10H17NS/c1-3-12-10(2)9-11-7-5-4-6-8-11/h3H,1-2,4-9H2. The first kappa shape index (κ1) is 9.87. The zero-order valence-corrected chi connectivity index (χ0v) is 8.41. The summed E-state index contributed by atoms with van der Waals surface area (Å²) in [6, 6.07) is 0. The molecule has 0 aliphatic carbocycles. The molecule has 1 heterocycles. The Balaban J connectivity index is 2.19. The van der Waals surface area contributed by atoms with Crippen LogP contribution in [0.15, 0.2) is 23.5 Å². The van der Waals surface area contributed by atoms with Gasteiger partial charge in [-0.1, -0.05) is 19.6 Å². The minimum Gasteiger partial charge on any atom is -0.299 e. The fourth-order valence-corrected chi connectivity index (χ4v) is 2.01. The Morgan fingerprint density at radius 1 is 1.33 bits per heavy atom. The van der Waals surface area contributed by atoms with Crippen molar-refractivity contribution in [2.24, 2.45) is 0 Å². The van der Waals surface area contributed by atoms with Crippen molar-refractivity contribution < 1.29 is 0 Å². The van der Waals surface area contributed by atoms with Crippen LogP contribution in [0.4, 0.5) is 0 Å². The largest absolute Gasteiger partial charge is 0.299 e. The summed E-state index contributed by atoms with van der Waals surface area (Å²) < 4.78 is 0. The van der Waals surface area contributed by atoms with Gasteiger partial charge in [0.15, 0.2) is 0 Å². The number of rotatable bonds is 4. The van der Waals surface area contributed by atoms with E-state index in [1.807, 2.05) is 5.41 Å². The Labute approximate surface area is 79.5 Å². The molecule has 2 heteroatoms. The maximum Gasteiger partial charge on any atom is 0.0290 e. The third kappa shape index (κ3) is 3.46. The molecule has 68 valence electrons. The first-order chi connectivity index (χ1) is 5.83. The lowest BCUT2D eigenvalue weighted by molar-refractivity contribution is 0.250. The number of hydrogen-bond acceptors (Lipinski definition) is 2. The minimum absolute atomic E-state index is 1.04. The van der Waals surface area contributed by atoms with Crippen molar-refractivity contribution in [3.8, 4) is 0 Å². The predicted molar refractivity (Wildman–Crippen MR) is 57.2 cm³/mol. The van der Waals surface area contributed by atoms with Crippen LogP contribution in [0, 0.1) is 0 Å². The van der Waals surface area contributed by atoms with Crippen LogP contribution in [0.5, 0.6) is 0 Å². The Hall–Kier alpha value is -0.210. The van der Waals surface area contributed by atoms with E-state index >= 15 is 0 Å². The predicted octanol–water partition coefficient (Wildman–Crippen LogP) is 2.86. The number of piperidine rings is 1. The Bertz CT molecular complexity index is 159. The van der Waals surface area contributed by atoms with E-state index in [1.54, 1.807) is 11.8 Å². The van der Waals surface area contributed by atoms with E-state index in [2.05, 4.69) is 18.1 Å². The van der Waals surface area contributed by atoms with Crippen molar-refractivity contribution >= 4 is 11.8 Å². The molecule has 0 spiro atoms. The average Bonchev–Trinajstić information content (AvgIpc) is 2.06. The van der Waals surface area contributed by atoms with Gasteiger partial charge in [0.1, 0.15) is 0 Å². The summed E-state index contributed by atoms with van der Waals surface area (Å²) >= 11 is 1.65. The Morgan fingerprint density at radius 2 is 2.00 bits per heavy atom. The summed E-state index contributed by atoms with van der Waals surface area (Å²) in [6.07, 6.45) is 4.11. The summed E-state index contributed by atoms with van der Waals surface area (Å²) in [6.45, 7) is 11.2. The molecular weight excluding hydrogens is 166 g/mol. The molecule has 1 fully saturated rings. The van der Waals surface area contributed by atoms with Gasteiger partial charge in [0.25, 0.3) is 0 Å². The van der Waals surface area contributed by atoms with Crippen molar-refractivity contribution in [2.75, 3.05) is 19.6 Å². The fourth-order valence-electron chi connectivity index (χ4n) is 1.52. The molecule has 12 heavy (non-hydrogen) atoms. The lowest BCUT2D eigenvalue weighted by Crippen LogP contribution is -2.30. The molecule has 0 aromatic heterocycles. The zero-order chi connectivity index (χ0) is 8.81. The van der Waals surface area contributed by atoms with Gasteiger partial charge in [-0.25, -0.2) is 0 Å².